The predicted molar refractivity (Wildman–Crippen MR) is 85.7 cm³/mol. The van der Waals surface area contributed by atoms with E-state index in [0.717, 1.165) is 43.9 Å². The molecule has 1 heterocycles. The van der Waals surface area contributed by atoms with Crippen LogP contribution in [0.1, 0.15) is 32.6 Å². The van der Waals surface area contributed by atoms with Crippen molar-refractivity contribution in [3.05, 3.63) is 0 Å². The summed E-state index contributed by atoms with van der Waals surface area (Å²) >= 11 is 3.99. The van der Waals surface area contributed by atoms with E-state index in [2.05, 4.69) is 12.2 Å². The molecule has 0 aromatic rings. The fourth-order valence-corrected chi connectivity index (χ4v) is 5.50. The van der Waals surface area contributed by atoms with Gasteiger partial charge in [0.2, 0.25) is 5.91 Å². The first-order valence-corrected chi connectivity index (χ1v) is 9.54. The normalized spacial score (nSPS) is 35.9. The Labute approximate surface area is 125 Å². The van der Waals surface area contributed by atoms with Gasteiger partial charge in [-0.2, -0.15) is 23.5 Å². The van der Waals surface area contributed by atoms with E-state index in [4.69, 9.17) is 5.73 Å². The zero-order valence-electron chi connectivity index (χ0n) is 11.8. The van der Waals surface area contributed by atoms with Crippen LogP contribution in [0.15, 0.2) is 0 Å². The Morgan fingerprint density at radius 1 is 1.37 bits per heavy atom. The third kappa shape index (κ3) is 4.05. The number of rotatable bonds is 4. The molecule has 0 radical (unpaired) electrons. The van der Waals surface area contributed by atoms with Crippen molar-refractivity contribution >= 4 is 29.4 Å². The molecule has 1 saturated heterocycles. The fraction of sp³-hybridized carbons (Fsp3) is 0.929. The molecule has 1 aliphatic heterocycles. The molecule has 0 spiro atoms. The van der Waals surface area contributed by atoms with Crippen LogP contribution in [0.5, 0.6) is 0 Å². The first kappa shape index (κ1) is 15.5. The second kappa shape index (κ2) is 7.23. The Bertz CT molecular complexity index is 298. The molecule has 1 amide bonds. The summed E-state index contributed by atoms with van der Waals surface area (Å²) in [7, 11) is 0. The molecule has 1 saturated carbocycles. The molecule has 5 heteroatoms. The summed E-state index contributed by atoms with van der Waals surface area (Å²) < 4.78 is 0. The number of carbonyl (C=O) groups excluding carboxylic acids is 1. The van der Waals surface area contributed by atoms with Crippen molar-refractivity contribution in [2.24, 2.45) is 17.1 Å². The first-order chi connectivity index (χ1) is 9.16. The number of amides is 1. The summed E-state index contributed by atoms with van der Waals surface area (Å²) in [4.78, 5) is 12.5. The van der Waals surface area contributed by atoms with Gasteiger partial charge >= 0.3 is 0 Å². The van der Waals surface area contributed by atoms with Crippen LogP contribution >= 0.6 is 23.5 Å². The zero-order chi connectivity index (χ0) is 13.7. The molecule has 110 valence electrons. The highest BCUT2D eigenvalue weighted by Gasteiger charge is 2.39. The first-order valence-electron chi connectivity index (χ1n) is 7.34. The van der Waals surface area contributed by atoms with Crippen LogP contribution < -0.4 is 11.1 Å². The van der Waals surface area contributed by atoms with Gasteiger partial charge in [-0.05, 0) is 31.6 Å². The summed E-state index contributed by atoms with van der Waals surface area (Å²) in [5.74, 6) is 4.58. The molecular formula is C14H26N2OS2. The van der Waals surface area contributed by atoms with Gasteiger partial charge in [0, 0.05) is 35.6 Å². The number of hydrogen-bond acceptors (Lipinski definition) is 4. The largest absolute Gasteiger partial charge is 0.354 e. The van der Waals surface area contributed by atoms with Crippen LogP contribution in [0.3, 0.4) is 0 Å². The molecule has 2 aliphatic rings. The highest BCUT2D eigenvalue weighted by molar-refractivity contribution is 8.06. The van der Waals surface area contributed by atoms with E-state index >= 15 is 0 Å². The van der Waals surface area contributed by atoms with Gasteiger partial charge in [-0.15, -0.1) is 0 Å². The summed E-state index contributed by atoms with van der Waals surface area (Å²) in [5, 5.41) is 3.76. The van der Waals surface area contributed by atoms with E-state index in [1.807, 2.05) is 23.5 Å². The van der Waals surface area contributed by atoms with E-state index in [0.29, 0.717) is 11.8 Å². The molecular weight excluding hydrogens is 276 g/mol. The molecule has 3 nitrogen and oxygen atoms in total. The van der Waals surface area contributed by atoms with E-state index in [1.54, 1.807) is 0 Å². The highest BCUT2D eigenvalue weighted by atomic mass is 32.2. The van der Waals surface area contributed by atoms with Crippen LogP contribution in [0.2, 0.25) is 0 Å². The number of hydrogen-bond donors (Lipinski definition) is 2. The summed E-state index contributed by atoms with van der Waals surface area (Å²) in [5.41, 5.74) is 5.64. The highest BCUT2D eigenvalue weighted by Crippen LogP contribution is 2.38. The molecule has 0 aromatic heterocycles. The maximum atomic E-state index is 12.5. The molecule has 0 bridgehead atoms. The standard InChI is InChI=1S/C14H26N2OS2/c1-11-2-4-14(10-15,5-3-11)13(17)16-8-12-9-18-6-7-19-12/h11-12H,2-10,15H2,1H3,(H,16,17). The Hall–Kier alpha value is 0.130. The molecule has 0 aromatic carbocycles. The van der Waals surface area contributed by atoms with Gasteiger partial charge in [-0.1, -0.05) is 6.92 Å². The number of nitrogens with one attached hydrogen (secondary N) is 1. The van der Waals surface area contributed by atoms with Crippen LogP contribution in [0.25, 0.3) is 0 Å². The van der Waals surface area contributed by atoms with Crippen molar-refractivity contribution in [1.82, 2.24) is 5.32 Å². The molecule has 1 unspecified atom stereocenters. The second-order valence-electron chi connectivity index (χ2n) is 5.94. The Morgan fingerprint density at radius 2 is 2.11 bits per heavy atom. The molecule has 2 rings (SSSR count). The third-order valence-electron chi connectivity index (χ3n) is 4.48. The average Bonchev–Trinajstić information content (AvgIpc) is 2.47. The van der Waals surface area contributed by atoms with E-state index < -0.39 is 0 Å². The molecule has 1 aliphatic carbocycles. The lowest BCUT2D eigenvalue weighted by molar-refractivity contribution is -0.132. The predicted octanol–water partition coefficient (Wildman–Crippen LogP) is 2.11. The van der Waals surface area contributed by atoms with Crippen molar-refractivity contribution in [3.8, 4) is 0 Å². The number of nitrogens with two attached hydrogens (primary N) is 1. The SMILES string of the molecule is CC1CCC(CN)(C(=O)NCC2CSCCS2)CC1. The van der Waals surface area contributed by atoms with Crippen molar-refractivity contribution in [2.75, 3.05) is 30.3 Å². The van der Waals surface area contributed by atoms with Crippen LogP contribution in [0, 0.1) is 11.3 Å². The van der Waals surface area contributed by atoms with Crippen LogP contribution in [-0.2, 0) is 4.79 Å². The maximum absolute atomic E-state index is 12.5. The fourth-order valence-electron chi connectivity index (χ4n) is 2.89. The van der Waals surface area contributed by atoms with Gasteiger partial charge in [0.1, 0.15) is 0 Å². The topological polar surface area (TPSA) is 55.1 Å². The Morgan fingerprint density at radius 3 is 2.68 bits per heavy atom. The van der Waals surface area contributed by atoms with Gasteiger partial charge in [-0.25, -0.2) is 0 Å². The summed E-state index contributed by atoms with van der Waals surface area (Å²) in [6.07, 6.45) is 4.20. The quantitative estimate of drug-likeness (QED) is 0.835. The lowest BCUT2D eigenvalue weighted by Crippen LogP contribution is -2.49. The maximum Gasteiger partial charge on any atom is 0.227 e. The Balaban J connectivity index is 1.82. The van der Waals surface area contributed by atoms with E-state index in [1.165, 1.54) is 11.5 Å². The lowest BCUT2D eigenvalue weighted by Gasteiger charge is -2.37. The molecule has 19 heavy (non-hydrogen) atoms. The number of carbonyl (C=O) groups is 1. The minimum absolute atomic E-state index is 0.207. The van der Waals surface area contributed by atoms with Gasteiger partial charge in [0.25, 0.3) is 0 Å². The van der Waals surface area contributed by atoms with E-state index in [9.17, 15) is 4.79 Å². The molecule has 2 fully saturated rings. The smallest absolute Gasteiger partial charge is 0.227 e. The summed E-state index contributed by atoms with van der Waals surface area (Å²) in [6.45, 7) is 3.58. The zero-order valence-corrected chi connectivity index (χ0v) is 13.5. The molecule has 3 N–H and O–H groups in total. The van der Waals surface area contributed by atoms with Gasteiger partial charge in [-0.3, -0.25) is 4.79 Å². The van der Waals surface area contributed by atoms with E-state index in [-0.39, 0.29) is 11.3 Å². The van der Waals surface area contributed by atoms with Crippen LogP contribution in [-0.4, -0.2) is 41.5 Å². The van der Waals surface area contributed by atoms with Crippen molar-refractivity contribution in [1.29, 1.82) is 0 Å². The van der Waals surface area contributed by atoms with Gasteiger partial charge in [0.15, 0.2) is 0 Å². The lowest BCUT2D eigenvalue weighted by atomic mass is 9.70. The summed E-state index contributed by atoms with van der Waals surface area (Å²) in [6, 6.07) is 0. The van der Waals surface area contributed by atoms with Crippen molar-refractivity contribution < 1.29 is 4.79 Å². The van der Waals surface area contributed by atoms with Crippen molar-refractivity contribution in [3.63, 3.8) is 0 Å². The van der Waals surface area contributed by atoms with Gasteiger partial charge in [0.05, 0.1) is 5.41 Å². The van der Waals surface area contributed by atoms with Crippen LogP contribution in [0.4, 0.5) is 0 Å². The van der Waals surface area contributed by atoms with Crippen molar-refractivity contribution in [2.45, 2.75) is 37.9 Å². The third-order valence-corrected chi connectivity index (χ3v) is 7.32. The second-order valence-corrected chi connectivity index (χ2v) is 8.50. The molecule has 1 atom stereocenters. The van der Waals surface area contributed by atoms with Gasteiger partial charge < -0.3 is 11.1 Å². The number of thioether (sulfide) groups is 2. The Kier molecular flexibility index (Phi) is 5.90. The average molecular weight is 303 g/mol. The minimum atomic E-state index is -0.279. The minimum Gasteiger partial charge on any atom is -0.354 e. The monoisotopic (exact) mass is 302 g/mol.